The number of carbonyl (C=O) groups is 2. The van der Waals surface area contributed by atoms with Gasteiger partial charge in [0.15, 0.2) is 11.3 Å². The molecule has 0 aliphatic heterocycles. The number of hydrogen-bond acceptors (Lipinski definition) is 12. The Hall–Kier alpha value is -8.76. The first kappa shape index (κ1) is 40.4. The Kier molecular flexibility index (Phi) is 12.4. The Bertz CT molecular complexity index is 2880. The van der Waals surface area contributed by atoms with E-state index in [1.807, 2.05) is 115 Å². The summed E-state index contributed by atoms with van der Waals surface area (Å²) in [5.41, 5.74) is 16.4. The van der Waals surface area contributed by atoms with Crippen molar-refractivity contribution in [3.8, 4) is 70.2 Å². The molecule has 4 heterocycles. The summed E-state index contributed by atoms with van der Waals surface area (Å²) >= 11 is 0. The molecule has 0 aliphatic carbocycles. The predicted octanol–water partition coefficient (Wildman–Crippen LogP) is 5.58. The molecule has 0 atom stereocenters. The lowest BCUT2D eigenvalue weighted by molar-refractivity contribution is -0.124. The van der Waals surface area contributed by atoms with Crippen molar-refractivity contribution in [1.29, 1.82) is 0 Å². The van der Waals surface area contributed by atoms with Gasteiger partial charge in [0, 0.05) is 31.3 Å². The molecule has 0 bridgehead atoms. The summed E-state index contributed by atoms with van der Waals surface area (Å²) in [6.45, 7) is 1.49. The van der Waals surface area contributed by atoms with E-state index in [-0.39, 0.29) is 5.91 Å². The zero-order valence-electron chi connectivity index (χ0n) is 32.8. The SMILES string of the molecule is C#CC(=O)N(C)CCn1nc(-c2ccc(Oc3ccccc3)cc2)c2c(N)ncnc21.C#CC(=O)NCCn1nc(-c2ccc(Oc3ccccc3)cc2)c2c(N)ncnc21. The third-order valence-electron chi connectivity index (χ3n) is 9.19. The molecule has 0 aliphatic rings. The number of nitrogen functional groups attached to an aromatic ring is 2. The van der Waals surface area contributed by atoms with Crippen molar-refractivity contribution >= 4 is 45.5 Å². The van der Waals surface area contributed by atoms with Crippen LogP contribution in [0.2, 0.25) is 0 Å². The lowest BCUT2D eigenvalue weighted by Crippen LogP contribution is -2.29. The largest absolute Gasteiger partial charge is 0.457 e. The van der Waals surface area contributed by atoms with Gasteiger partial charge in [-0.1, -0.05) is 36.4 Å². The Balaban J connectivity index is 0.000000184. The van der Waals surface area contributed by atoms with Gasteiger partial charge < -0.3 is 31.2 Å². The average Bonchev–Trinajstić information content (AvgIpc) is 3.86. The fraction of sp³-hybridized carbons (Fsp3) is 0.111. The number of fused-ring (bicyclic) bond motifs is 2. The van der Waals surface area contributed by atoms with Gasteiger partial charge in [0.2, 0.25) is 0 Å². The van der Waals surface area contributed by atoms with Crippen LogP contribution in [0.25, 0.3) is 44.6 Å². The Labute approximate surface area is 350 Å². The Morgan fingerprint density at radius 3 is 1.52 bits per heavy atom. The molecule has 0 saturated heterocycles. The molecule has 0 spiro atoms. The zero-order valence-corrected chi connectivity index (χ0v) is 32.8. The number of hydrogen-bond donors (Lipinski definition) is 3. The number of rotatable bonds is 12. The first-order valence-corrected chi connectivity index (χ1v) is 18.8. The first-order valence-electron chi connectivity index (χ1n) is 18.8. The number of nitrogens with two attached hydrogens (primary N) is 2. The highest BCUT2D eigenvalue weighted by Crippen LogP contribution is 2.33. The van der Waals surface area contributed by atoms with E-state index < -0.39 is 5.91 Å². The van der Waals surface area contributed by atoms with Crippen molar-refractivity contribution in [2.45, 2.75) is 13.1 Å². The van der Waals surface area contributed by atoms with Gasteiger partial charge in [-0.05, 0) is 84.6 Å². The van der Waals surface area contributed by atoms with E-state index in [0.717, 1.165) is 22.6 Å². The smallest absolute Gasteiger partial charge is 0.298 e. The Morgan fingerprint density at radius 2 is 1.08 bits per heavy atom. The summed E-state index contributed by atoms with van der Waals surface area (Å²) in [6, 6.07) is 34.2. The van der Waals surface area contributed by atoms with E-state index in [2.05, 4.69) is 36.3 Å². The number of carbonyl (C=O) groups excluding carboxylic acids is 2. The number of anilines is 2. The highest BCUT2D eigenvalue weighted by Gasteiger charge is 2.19. The summed E-state index contributed by atoms with van der Waals surface area (Å²) in [5, 5.41) is 13.3. The van der Waals surface area contributed by atoms with Gasteiger partial charge in [-0.15, -0.1) is 12.8 Å². The predicted molar refractivity (Wildman–Crippen MR) is 232 cm³/mol. The molecular weight excluding hydrogens is 773 g/mol. The number of para-hydroxylation sites is 2. The molecule has 4 aromatic heterocycles. The van der Waals surface area contributed by atoms with Crippen molar-refractivity contribution in [1.82, 2.24) is 49.7 Å². The molecule has 4 aromatic carbocycles. The molecule has 16 heteroatoms. The van der Waals surface area contributed by atoms with Gasteiger partial charge in [-0.25, -0.2) is 29.3 Å². The summed E-state index contributed by atoms with van der Waals surface area (Å²) < 4.78 is 15.1. The van der Waals surface area contributed by atoms with Gasteiger partial charge in [0.1, 0.15) is 58.7 Å². The van der Waals surface area contributed by atoms with Crippen molar-refractivity contribution in [2.75, 3.05) is 31.6 Å². The van der Waals surface area contributed by atoms with Gasteiger partial charge >= 0.3 is 0 Å². The molecule has 302 valence electrons. The third kappa shape index (κ3) is 9.52. The number of ether oxygens (including phenoxy) is 2. The van der Waals surface area contributed by atoms with Crippen LogP contribution in [0.3, 0.4) is 0 Å². The highest BCUT2D eigenvalue weighted by atomic mass is 16.5. The summed E-state index contributed by atoms with van der Waals surface area (Å²) in [4.78, 5) is 41.2. The number of nitrogens with one attached hydrogen (secondary N) is 1. The van der Waals surface area contributed by atoms with E-state index in [0.29, 0.717) is 82.8 Å². The maximum absolute atomic E-state index is 11.6. The lowest BCUT2D eigenvalue weighted by Gasteiger charge is -2.13. The fourth-order valence-corrected chi connectivity index (χ4v) is 6.17. The van der Waals surface area contributed by atoms with E-state index in [4.69, 9.17) is 38.9 Å². The van der Waals surface area contributed by atoms with Crippen LogP contribution in [0, 0.1) is 24.7 Å². The molecule has 16 nitrogen and oxygen atoms in total. The monoisotopic (exact) mass is 810 g/mol. The summed E-state index contributed by atoms with van der Waals surface area (Å²) in [5.74, 6) is 6.84. The van der Waals surface area contributed by atoms with Crippen LogP contribution in [0.5, 0.6) is 23.0 Å². The third-order valence-corrected chi connectivity index (χ3v) is 9.19. The van der Waals surface area contributed by atoms with Crippen molar-refractivity contribution in [3.05, 3.63) is 122 Å². The van der Waals surface area contributed by atoms with E-state index in [1.165, 1.54) is 17.6 Å². The van der Waals surface area contributed by atoms with Crippen LogP contribution in [0.1, 0.15) is 0 Å². The van der Waals surface area contributed by atoms with Crippen LogP contribution >= 0.6 is 0 Å². The topological polar surface area (TPSA) is 207 Å². The molecule has 5 N–H and O–H groups in total. The molecule has 0 saturated carbocycles. The second-order valence-electron chi connectivity index (χ2n) is 13.2. The highest BCUT2D eigenvalue weighted by molar-refractivity contribution is 5.99. The maximum atomic E-state index is 11.6. The van der Waals surface area contributed by atoms with Crippen molar-refractivity contribution in [2.24, 2.45) is 0 Å². The number of nitrogens with zero attached hydrogens (tertiary/aromatic N) is 9. The van der Waals surface area contributed by atoms with E-state index in [9.17, 15) is 9.59 Å². The molecule has 8 rings (SSSR count). The molecule has 0 fully saturated rings. The minimum Gasteiger partial charge on any atom is -0.457 e. The minimum atomic E-state index is -0.477. The second kappa shape index (κ2) is 18.7. The second-order valence-corrected chi connectivity index (χ2v) is 13.2. The van der Waals surface area contributed by atoms with Crippen molar-refractivity contribution < 1.29 is 19.1 Å². The normalized spacial score (nSPS) is 10.5. The van der Waals surface area contributed by atoms with E-state index in [1.54, 1.807) is 16.4 Å². The molecule has 0 radical (unpaired) electrons. The van der Waals surface area contributed by atoms with E-state index >= 15 is 0 Å². The van der Waals surface area contributed by atoms with Gasteiger partial charge in [-0.3, -0.25) is 9.59 Å². The van der Waals surface area contributed by atoms with Crippen LogP contribution < -0.4 is 26.3 Å². The number of aromatic nitrogens is 8. The van der Waals surface area contributed by atoms with Crippen LogP contribution in [0.4, 0.5) is 11.6 Å². The Morgan fingerprint density at radius 1 is 0.639 bits per heavy atom. The molecule has 0 unspecified atom stereocenters. The van der Waals surface area contributed by atoms with Gasteiger partial charge in [0.05, 0.1) is 23.9 Å². The zero-order chi connectivity index (χ0) is 42.7. The fourth-order valence-electron chi connectivity index (χ4n) is 6.17. The number of benzene rings is 4. The molecule has 61 heavy (non-hydrogen) atoms. The van der Waals surface area contributed by atoms with Crippen molar-refractivity contribution in [3.63, 3.8) is 0 Å². The molecule has 2 amide bonds. The average molecular weight is 811 g/mol. The quantitative estimate of drug-likeness (QED) is 0.129. The van der Waals surface area contributed by atoms with Crippen LogP contribution in [-0.2, 0) is 22.7 Å². The van der Waals surface area contributed by atoms with Gasteiger partial charge in [-0.2, -0.15) is 10.2 Å². The van der Waals surface area contributed by atoms with Gasteiger partial charge in [0.25, 0.3) is 11.8 Å². The molecular formula is C45H38N12O4. The number of terminal acetylenes is 2. The first-order chi connectivity index (χ1) is 29.7. The number of likely N-dealkylation sites (N-methyl/N-ethyl adjacent to an activating group) is 1. The van der Waals surface area contributed by atoms with Crippen LogP contribution in [-0.4, -0.2) is 76.3 Å². The standard InChI is InChI=1S/C23H20N6O2.C22H18N6O2/c1-3-19(30)28(2)13-14-29-23-20(22(24)25-15-26-23)21(27-29)16-9-11-18(12-10-16)31-17-7-5-4-6-8-17;1-2-18(29)24-12-13-28-22-19(21(23)25-14-26-22)20(27-28)15-8-10-17(11-9-15)30-16-6-4-3-5-7-16/h1,4-12,15H,13-14H2,2H3,(H2,24,25,26);1,3-11,14H,12-13H2,(H,24,29)(H2,23,25,26). The summed E-state index contributed by atoms with van der Waals surface area (Å²) in [7, 11) is 1.64. The summed E-state index contributed by atoms with van der Waals surface area (Å²) in [6.07, 6.45) is 13.0. The molecule has 8 aromatic rings. The minimum absolute atomic E-state index is 0.313. The lowest BCUT2D eigenvalue weighted by atomic mass is 10.1. The van der Waals surface area contributed by atoms with Crippen LogP contribution in [0.15, 0.2) is 122 Å². The number of amides is 2. The maximum Gasteiger partial charge on any atom is 0.298 e.